The third-order valence-corrected chi connectivity index (χ3v) is 6.50. The molecular weight excluding hydrogens is 506 g/mol. The summed E-state index contributed by atoms with van der Waals surface area (Å²) in [5, 5.41) is 6.36. The zero-order chi connectivity index (χ0) is 26.7. The van der Waals surface area contributed by atoms with Gasteiger partial charge >= 0.3 is 6.09 Å². The van der Waals surface area contributed by atoms with Crippen molar-refractivity contribution in [3.8, 4) is 11.3 Å². The van der Waals surface area contributed by atoms with E-state index < -0.39 is 11.7 Å². The zero-order valence-corrected chi connectivity index (χ0v) is 22.0. The fraction of sp³-hybridized carbons (Fsp3) is 0.308. The van der Waals surface area contributed by atoms with E-state index in [1.807, 2.05) is 6.07 Å². The molecule has 0 radical (unpaired) electrons. The predicted molar refractivity (Wildman–Crippen MR) is 146 cm³/mol. The molecule has 1 saturated heterocycles. The van der Waals surface area contributed by atoms with Crippen molar-refractivity contribution in [2.24, 2.45) is 0 Å². The molecule has 2 N–H and O–H groups in total. The van der Waals surface area contributed by atoms with E-state index in [0.717, 1.165) is 22.9 Å². The number of anilines is 3. The van der Waals surface area contributed by atoms with Gasteiger partial charge in [0, 0.05) is 24.8 Å². The van der Waals surface area contributed by atoms with Crippen molar-refractivity contribution in [3.63, 3.8) is 0 Å². The lowest BCUT2D eigenvalue weighted by Gasteiger charge is -2.25. The van der Waals surface area contributed by atoms with Crippen LogP contribution in [0.25, 0.3) is 21.6 Å². The number of fused-ring (bicyclic) bond motifs is 1. The minimum absolute atomic E-state index is 0.247. The number of morpholine rings is 1. The molecule has 1 aliphatic heterocycles. The largest absolute Gasteiger partial charge is 0.444 e. The number of carbonyl (C=O) groups is 2. The molecule has 5 heterocycles. The van der Waals surface area contributed by atoms with Crippen LogP contribution in [0.5, 0.6) is 0 Å². The van der Waals surface area contributed by atoms with Gasteiger partial charge in [-0.25, -0.2) is 19.7 Å². The van der Waals surface area contributed by atoms with E-state index >= 15 is 0 Å². The number of amides is 2. The fourth-order valence-corrected chi connectivity index (χ4v) is 4.73. The number of nitrogens with one attached hydrogen (secondary N) is 2. The van der Waals surface area contributed by atoms with Gasteiger partial charge in [0.15, 0.2) is 10.8 Å². The first-order valence-electron chi connectivity index (χ1n) is 12.1. The summed E-state index contributed by atoms with van der Waals surface area (Å²) in [6.45, 7) is 8.31. The van der Waals surface area contributed by atoms with Gasteiger partial charge in [-0.05, 0) is 51.1 Å². The van der Waals surface area contributed by atoms with Crippen LogP contribution in [0, 0.1) is 0 Å². The minimum atomic E-state index is -0.608. The minimum Gasteiger partial charge on any atom is -0.444 e. The molecule has 0 atom stereocenters. The van der Waals surface area contributed by atoms with Gasteiger partial charge < -0.3 is 19.7 Å². The Hall–Kier alpha value is -4.16. The predicted octanol–water partition coefficient (Wildman–Crippen LogP) is 4.58. The maximum atomic E-state index is 13.0. The zero-order valence-electron chi connectivity index (χ0n) is 21.2. The smallest absolute Gasteiger partial charge is 0.413 e. The third-order valence-electron chi connectivity index (χ3n) is 5.45. The highest BCUT2D eigenvalue weighted by atomic mass is 32.1. The summed E-state index contributed by atoms with van der Waals surface area (Å²) in [4.78, 5) is 44.9. The molecule has 4 aromatic heterocycles. The van der Waals surface area contributed by atoms with E-state index in [1.165, 1.54) is 11.3 Å². The molecule has 1 fully saturated rings. The lowest BCUT2D eigenvalue weighted by molar-refractivity contribution is 0.0635. The molecule has 4 aromatic rings. The third kappa shape index (κ3) is 6.21. The molecule has 1 aliphatic rings. The molecule has 38 heavy (non-hydrogen) atoms. The summed E-state index contributed by atoms with van der Waals surface area (Å²) < 4.78 is 11.5. The first kappa shape index (κ1) is 25.5. The first-order valence-corrected chi connectivity index (χ1v) is 12.9. The van der Waals surface area contributed by atoms with Crippen LogP contribution in [-0.2, 0) is 9.47 Å². The first-order chi connectivity index (χ1) is 18.2. The summed E-state index contributed by atoms with van der Waals surface area (Å²) in [6, 6.07) is 10.5. The van der Waals surface area contributed by atoms with E-state index in [4.69, 9.17) is 9.47 Å². The van der Waals surface area contributed by atoms with Crippen molar-refractivity contribution in [3.05, 3.63) is 54.5 Å². The van der Waals surface area contributed by atoms with E-state index in [-0.39, 0.29) is 11.6 Å². The highest BCUT2D eigenvalue weighted by Crippen LogP contribution is 2.30. The average molecular weight is 534 g/mol. The summed E-state index contributed by atoms with van der Waals surface area (Å²) in [5.41, 5.74) is 2.11. The number of rotatable bonds is 5. The van der Waals surface area contributed by atoms with Gasteiger partial charge in [0.25, 0.3) is 5.91 Å². The molecule has 0 aliphatic carbocycles. The molecule has 0 saturated carbocycles. The average Bonchev–Trinajstić information content (AvgIpc) is 3.32. The molecule has 2 amide bonds. The maximum Gasteiger partial charge on any atom is 0.413 e. The van der Waals surface area contributed by atoms with Gasteiger partial charge in [0.05, 0.1) is 35.5 Å². The van der Waals surface area contributed by atoms with Crippen LogP contribution >= 0.6 is 11.3 Å². The van der Waals surface area contributed by atoms with Crippen molar-refractivity contribution in [2.45, 2.75) is 26.4 Å². The van der Waals surface area contributed by atoms with Gasteiger partial charge in [0.1, 0.15) is 17.1 Å². The lowest BCUT2D eigenvalue weighted by atomic mass is 10.1. The van der Waals surface area contributed by atoms with Gasteiger partial charge in [-0.3, -0.25) is 10.1 Å². The van der Waals surface area contributed by atoms with Gasteiger partial charge in [-0.1, -0.05) is 17.4 Å². The number of carbonyl (C=O) groups excluding carboxylic acids is 2. The Morgan fingerprint density at radius 2 is 1.84 bits per heavy atom. The number of hydrogen-bond acceptors (Lipinski definition) is 10. The lowest BCUT2D eigenvalue weighted by Crippen LogP contribution is -2.36. The second-order valence-corrected chi connectivity index (χ2v) is 10.6. The van der Waals surface area contributed by atoms with E-state index in [9.17, 15) is 9.59 Å². The quantitative estimate of drug-likeness (QED) is 0.378. The number of ether oxygens (including phenoxy) is 2. The Morgan fingerprint density at radius 3 is 2.58 bits per heavy atom. The Kier molecular flexibility index (Phi) is 7.16. The summed E-state index contributed by atoms with van der Waals surface area (Å²) in [5.74, 6) is -0.0123. The van der Waals surface area contributed by atoms with Crippen LogP contribution in [0.4, 0.5) is 21.4 Å². The standard InChI is InChI=1S/C26H27N7O4S/c1-26(2,3)37-25(35)31-21-8-7-16(14-27-21)18-5-4-6-19(30-18)23(34)29-17-13-20-22(28-15-17)32-24(38-20)33-9-11-36-12-10-33/h4-8,13-15H,9-12H2,1-3H3,(H,29,34)(H,27,31,35). The Balaban J connectivity index is 1.26. The summed E-state index contributed by atoms with van der Waals surface area (Å²) in [6.07, 6.45) is 2.58. The summed E-state index contributed by atoms with van der Waals surface area (Å²) in [7, 11) is 0. The normalized spacial score (nSPS) is 13.8. The van der Waals surface area contributed by atoms with Crippen LogP contribution < -0.4 is 15.5 Å². The maximum absolute atomic E-state index is 13.0. The van der Waals surface area contributed by atoms with E-state index in [1.54, 1.807) is 63.5 Å². The highest BCUT2D eigenvalue weighted by molar-refractivity contribution is 7.22. The topological polar surface area (TPSA) is 131 Å². The number of nitrogens with zero attached hydrogens (tertiary/aromatic N) is 5. The Morgan fingerprint density at radius 1 is 1.03 bits per heavy atom. The van der Waals surface area contributed by atoms with Crippen LogP contribution in [-0.4, -0.2) is 63.8 Å². The summed E-state index contributed by atoms with van der Waals surface area (Å²) >= 11 is 1.54. The van der Waals surface area contributed by atoms with E-state index in [2.05, 4.69) is 35.5 Å². The molecule has 11 nitrogen and oxygen atoms in total. The van der Waals surface area contributed by atoms with Crippen molar-refractivity contribution in [1.29, 1.82) is 0 Å². The monoisotopic (exact) mass is 533 g/mol. The van der Waals surface area contributed by atoms with Crippen molar-refractivity contribution in [2.75, 3.05) is 41.8 Å². The van der Waals surface area contributed by atoms with Gasteiger partial charge in [0.2, 0.25) is 0 Å². The second-order valence-electron chi connectivity index (χ2n) is 9.56. The van der Waals surface area contributed by atoms with Gasteiger partial charge in [-0.15, -0.1) is 0 Å². The number of hydrogen-bond donors (Lipinski definition) is 2. The molecule has 0 aromatic carbocycles. The molecular formula is C26H27N7O4S. The molecule has 0 unspecified atom stereocenters. The van der Waals surface area contributed by atoms with Crippen molar-refractivity contribution < 1.29 is 19.1 Å². The van der Waals surface area contributed by atoms with Gasteiger partial charge in [-0.2, -0.15) is 4.98 Å². The molecule has 196 valence electrons. The molecule has 0 bridgehead atoms. The molecule has 5 rings (SSSR count). The number of thiazole rings is 1. The Bertz CT molecular complexity index is 1460. The van der Waals surface area contributed by atoms with Crippen LogP contribution in [0.1, 0.15) is 31.3 Å². The molecule has 12 heteroatoms. The van der Waals surface area contributed by atoms with Crippen LogP contribution in [0.2, 0.25) is 0 Å². The Labute approximate surface area is 223 Å². The second kappa shape index (κ2) is 10.7. The van der Waals surface area contributed by atoms with E-state index in [0.29, 0.717) is 41.6 Å². The number of aromatic nitrogens is 4. The van der Waals surface area contributed by atoms with Crippen LogP contribution in [0.3, 0.4) is 0 Å². The molecule has 0 spiro atoms. The van der Waals surface area contributed by atoms with Crippen molar-refractivity contribution in [1.82, 2.24) is 19.9 Å². The highest BCUT2D eigenvalue weighted by Gasteiger charge is 2.18. The SMILES string of the molecule is CC(C)(C)OC(=O)Nc1ccc(-c2cccc(C(=O)Nc3cnc4nc(N5CCOCC5)sc4c3)n2)cn1. The fourth-order valence-electron chi connectivity index (χ4n) is 3.71. The van der Waals surface area contributed by atoms with Crippen molar-refractivity contribution >= 4 is 50.3 Å². The number of pyridine rings is 3. The van der Waals surface area contributed by atoms with Crippen LogP contribution in [0.15, 0.2) is 48.8 Å².